The molecule has 4 rings (SSSR count). The average Bonchev–Trinajstić information content (AvgIpc) is 3.10. The number of hydrogen-bond donors (Lipinski definition) is 1. The number of aliphatic hydroxyl groups is 1. The van der Waals surface area contributed by atoms with Crippen molar-refractivity contribution in [2.75, 3.05) is 6.61 Å². The molecule has 1 atom stereocenters. The largest absolute Gasteiger partial charge is 0.493 e. The summed E-state index contributed by atoms with van der Waals surface area (Å²) < 4.78 is 11.9. The maximum Gasteiger partial charge on any atom is 0.213 e. The summed E-state index contributed by atoms with van der Waals surface area (Å²) >= 11 is 0. The van der Waals surface area contributed by atoms with Crippen LogP contribution in [0, 0.1) is 19.8 Å². The monoisotopic (exact) mass is 445 g/mol. The van der Waals surface area contributed by atoms with Crippen LogP contribution in [0.25, 0.3) is 11.1 Å². The summed E-state index contributed by atoms with van der Waals surface area (Å²) in [6.07, 6.45) is 4.79. The molecule has 174 valence electrons. The van der Waals surface area contributed by atoms with E-state index < -0.39 is 5.60 Å². The molecule has 4 heteroatoms. The highest BCUT2D eigenvalue weighted by atomic mass is 16.5. The number of aromatic nitrogens is 1. The Hall–Kier alpha value is -2.85. The molecule has 1 aromatic heterocycles. The Bertz CT molecular complexity index is 1110. The van der Waals surface area contributed by atoms with Gasteiger partial charge in [-0.25, -0.2) is 4.98 Å². The molecule has 0 saturated carbocycles. The van der Waals surface area contributed by atoms with E-state index in [4.69, 9.17) is 9.47 Å². The summed E-state index contributed by atoms with van der Waals surface area (Å²) in [6, 6.07) is 14.8. The van der Waals surface area contributed by atoms with Gasteiger partial charge in [0.25, 0.3) is 0 Å². The first-order chi connectivity index (χ1) is 15.7. The molecule has 0 bridgehead atoms. The zero-order valence-corrected chi connectivity index (χ0v) is 20.4. The summed E-state index contributed by atoms with van der Waals surface area (Å²) in [5.41, 5.74) is 7.85. The van der Waals surface area contributed by atoms with Gasteiger partial charge in [0.15, 0.2) is 0 Å². The molecule has 1 aliphatic rings. The van der Waals surface area contributed by atoms with Crippen LogP contribution in [0.15, 0.2) is 48.7 Å². The van der Waals surface area contributed by atoms with Gasteiger partial charge in [0.05, 0.1) is 12.2 Å². The SMILES string of the molecule is Cc1cc(OCCC(C)(C)O)cc(C)c1-c1cccc(COc2cc3c(cn2)CC(C)C3)c1. The van der Waals surface area contributed by atoms with Crippen LogP contribution >= 0.6 is 0 Å². The molecule has 0 amide bonds. The minimum absolute atomic E-state index is 0.490. The van der Waals surface area contributed by atoms with Crippen molar-refractivity contribution in [3.05, 3.63) is 76.5 Å². The Kier molecular flexibility index (Phi) is 6.76. The fraction of sp³-hybridized carbons (Fsp3) is 0.414. The molecule has 0 fully saturated rings. The van der Waals surface area contributed by atoms with Crippen molar-refractivity contribution in [2.24, 2.45) is 5.92 Å². The van der Waals surface area contributed by atoms with Gasteiger partial charge >= 0.3 is 0 Å². The number of nitrogens with zero attached hydrogens (tertiary/aromatic N) is 1. The number of rotatable bonds is 8. The Morgan fingerprint density at radius 1 is 1.00 bits per heavy atom. The highest BCUT2D eigenvalue weighted by Gasteiger charge is 2.19. The Morgan fingerprint density at radius 3 is 2.45 bits per heavy atom. The second-order valence-electron chi connectivity index (χ2n) is 10.1. The second kappa shape index (κ2) is 9.56. The molecule has 0 aliphatic heterocycles. The van der Waals surface area contributed by atoms with Crippen LogP contribution in [-0.4, -0.2) is 22.3 Å². The van der Waals surface area contributed by atoms with Gasteiger partial charge in [0.2, 0.25) is 5.88 Å². The fourth-order valence-corrected chi connectivity index (χ4v) is 4.63. The van der Waals surface area contributed by atoms with Crippen molar-refractivity contribution in [2.45, 2.75) is 66.1 Å². The van der Waals surface area contributed by atoms with E-state index in [-0.39, 0.29) is 0 Å². The Morgan fingerprint density at radius 2 is 1.73 bits per heavy atom. The van der Waals surface area contributed by atoms with Crippen molar-refractivity contribution in [3.8, 4) is 22.8 Å². The quantitative estimate of drug-likeness (QED) is 0.447. The fourth-order valence-electron chi connectivity index (χ4n) is 4.63. The molecule has 0 radical (unpaired) electrons. The highest BCUT2D eigenvalue weighted by Crippen LogP contribution is 2.32. The summed E-state index contributed by atoms with van der Waals surface area (Å²) in [5.74, 6) is 2.24. The molecular formula is C29H35NO3. The van der Waals surface area contributed by atoms with Crippen molar-refractivity contribution >= 4 is 0 Å². The zero-order valence-electron chi connectivity index (χ0n) is 20.4. The number of pyridine rings is 1. The van der Waals surface area contributed by atoms with Gasteiger partial charge in [-0.3, -0.25) is 0 Å². The molecule has 1 heterocycles. The topological polar surface area (TPSA) is 51.6 Å². The maximum absolute atomic E-state index is 9.90. The van der Waals surface area contributed by atoms with Crippen LogP contribution < -0.4 is 9.47 Å². The molecular weight excluding hydrogens is 410 g/mol. The lowest BCUT2D eigenvalue weighted by atomic mass is 9.94. The van der Waals surface area contributed by atoms with E-state index in [1.54, 1.807) is 13.8 Å². The number of ether oxygens (including phenoxy) is 2. The van der Waals surface area contributed by atoms with E-state index in [0.717, 1.165) is 24.2 Å². The first-order valence-electron chi connectivity index (χ1n) is 11.8. The lowest BCUT2D eigenvalue weighted by Gasteiger charge is -2.18. The van der Waals surface area contributed by atoms with Gasteiger partial charge in [-0.2, -0.15) is 0 Å². The molecule has 2 aromatic carbocycles. The van der Waals surface area contributed by atoms with E-state index in [2.05, 4.69) is 68.2 Å². The standard InChI is InChI=1S/C29H35NO3/c1-19-11-24-16-27(30-17-25(24)12-19)33-18-22-7-6-8-23(15-22)28-20(2)13-26(14-21(28)3)32-10-9-29(4,5)31/h6-8,13-17,19,31H,9-12,18H2,1-5H3. The van der Waals surface area contributed by atoms with Crippen LogP contribution in [-0.2, 0) is 19.4 Å². The van der Waals surface area contributed by atoms with Crippen molar-refractivity contribution < 1.29 is 14.6 Å². The van der Waals surface area contributed by atoms with E-state index in [0.29, 0.717) is 31.4 Å². The number of aryl methyl sites for hydroxylation is 2. The average molecular weight is 446 g/mol. The molecule has 0 spiro atoms. The second-order valence-corrected chi connectivity index (χ2v) is 10.1. The predicted molar refractivity (Wildman–Crippen MR) is 133 cm³/mol. The molecule has 4 nitrogen and oxygen atoms in total. The summed E-state index contributed by atoms with van der Waals surface area (Å²) in [7, 11) is 0. The minimum Gasteiger partial charge on any atom is -0.493 e. The van der Waals surface area contributed by atoms with Gasteiger partial charge in [-0.15, -0.1) is 0 Å². The lowest BCUT2D eigenvalue weighted by molar-refractivity contribution is 0.0553. The number of benzene rings is 2. The normalized spacial score (nSPS) is 15.4. The first kappa shape index (κ1) is 23.3. The molecule has 3 aromatic rings. The predicted octanol–water partition coefficient (Wildman–Crippen LogP) is 6.22. The number of fused-ring (bicyclic) bond motifs is 1. The van der Waals surface area contributed by atoms with Crippen LogP contribution in [0.2, 0.25) is 0 Å². The Labute approximate surface area is 197 Å². The third-order valence-electron chi connectivity index (χ3n) is 6.29. The molecule has 1 N–H and O–H groups in total. The third kappa shape index (κ3) is 5.94. The van der Waals surface area contributed by atoms with E-state index in [1.807, 2.05) is 6.20 Å². The zero-order chi connectivity index (χ0) is 23.6. The van der Waals surface area contributed by atoms with Crippen LogP contribution in [0.1, 0.15) is 55.0 Å². The molecule has 1 unspecified atom stereocenters. The van der Waals surface area contributed by atoms with Gasteiger partial charge in [0.1, 0.15) is 12.4 Å². The molecule has 0 saturated heterocycles. The summed E-state index contributed by atoms with van der Waals surface area (Å²) in [4.78, 5) is 4.51. The Balaban J connectivity index is 1.45. The van der Waals surface area contributed by atoms with Crippen molar-refractivity contribution in [1.82, 2.24) is 4.98 Å². The maximum atomic E-state index is 9.90. The summed E-state index contributed by atoms with van der Waals surface area (Å²) in [5, 5.41) is 9.90. The van der Waals surface area contributed by atoms with E-state index in [1.165, 1.54) is 33.4 Å². The highest BCUT2D eigenvalue weighted by molar-refractivity contribution is 5.72. The van der Waals surface area contributed by atoms with Gasteiger partial charge in [0, 0.05) is 18.7 Å². The van der Waals surface area contributed by atoms with Crippen LogP contribution in [0.5, 0.6) is 11.6 Å². The number of hydrogen-bond acceptors (Lipinski definition) is 4. The third-order valence-corrected chi connectivity index (χ3v) is 6.29. The lowest BCUT2D eigenvalue weighted by Crippen LogP contribution is -2.21. The summed E-state index contributed by atoms with van der Waals surface area (Å²) in [6.45, 7) is 11.1. The van der Waals surface area contributed by atoms with Crippen LogP contribution in [0.3, 0.4) is 0 Å². The first-order valence-corrected chi connectivity index (χ1v) is 11.8. The smallest absolute Gasteiger partial charge is 0.213 e. The molecule has 33 heavy (non-hydrogen) atoms. The molecule has 1 aliphatic carbocycles. The van der Waals surface area contributed by atoms with Gasteiger partial charge in [-0.05, 0) is 104 Å². The van der Waals surface area contributed by atoms with E-state index in [9.17, 15) is 5.11 Å². The minimum atomic E-state index is -0.722. The van der Waals surface area contributed by atoms with Crippen LogP contribution in [0.4, 0.5) is 0 Å². The van der Waals surface area contributed by atoms with E-state index >= 15 is 0 Å². The van der Waals surface area contributed by atoms with Crippen molar-refractivity contribution in [1.29, 1.82) is 0 Å². The van der Waals surface area contributed by atoms with Crippen molar-refractivity contribution in [3.63, 3.8) is 0 Å². The van der Waals surface area contributed by atoms with Gasteiger partial charge in [-0.1, -0.05) is 25.1 Å². The van der Waals surface area contributed by atoms with Gasteiger partial charge < -0.3 is 14.6 Å².